The molecule has 1 amide bonds. The fourth-order valence-electron chi connectivity index (χ4n) is 0.707. The van der Waals surface area contributed by atoms with Gasteiger partial charge in [0.15, 0.2) is 0 Å². The van der Waals surface area contributed by atoms with Crippen LogP contribution in [-0.4, -0.2) is 12.5 Å². The summed E-state index contributed by atoms with van der Waals surface area (Å²) in [6.07, 6.45) is 0.591. The molecule has 0 atom stereocenters. The second kappa shape index (κ2) is 8.78. The summed E-state index contributed by atoms with van der Waals surface area (Å²) in [7, 11) is 0. The van der Waals surface area contributed by atoms with Crippen LogP contribution >= 0.6 is 0 Å². The van der Waals surface area contributed by atoms with Crippen molar-refractivity contribution in [1.29, 1.82) is 0 Å². The van der Waals surface area contributed by atoms with Crippen LogP contribution in [-0.2, 0) is 4.79 Å². The SMILES string of the molecule is CCNC(=O)CC.c1ccccc1. The Kier molecular flexibility index (Phi) is 7.90. The molecule has 13 heavy (non-hydrogen) atoms. The molecule has 0 unspecified atom stereocenters. The third kappa shape index (κ3) is 8.60. The summed E-state index contributed by atoms with van der Waals surface area (Å²) in [5, 5.41) is 2.66. The minimum atomic E-state index is 0.127. The van der Waals surface area contributed by atoms with E-state index in [9.17, 15) is 4.79 Å². The fourth-order valence-corrected chi connectivity index (χ4v) is 0.707. The van der Waals surface area contributed by atoms with Crippen molar-refractivity contribution in [2.75, 3.05) is 6.54 Å². The predicted molar refractivity (Wildman–Crippen MR) is 55.4 cm³/mol. The molecular formula is C11H17NO. The van der Waals surface area contributed by atoms with E-state index in [0.717, 1.165) is 6.54 Å². The normalized spacial score (nSPS) is 8.15. The zero-order valence-corrected chi connectivity index (χ0v) is 8.29. The minimum Gasteiger partial charge on any atom is -0.356 e. The zero-order chi connectivity index (χ0) is 9.94. The van der Waals surface area contributed by atoms with Gasteiger partial charge in [-0.15, -0.1) is 0 Å². The van der Waals surface area contributed by atoms with Gasteiger partial charge in [0.2, 0.25) is 5.91 Å². The molecule has 0 saturated carbocycles. The van der Waals surface area contributed by atoms with Gasteiger partial charge >= 0.3 is 0 Å². The smallest absolute Gasteiger partial charge is 0.219 e. The van der Waals surface area contributed by atoms with Crippen molar-refractivity contribution in [2.45, 2.75) is 20.3 Å². The first-order valence-corrected chi connectivity index (χ1v) is 4.58. The van der Waals surface area contributed by atoms with E-state index in [0.29, 0.717) is 6.42 Å². The second-order valence-electron chi connectivity index (χ2n) is 2.46. The molecule has 0 aromatic heterocycles. The lowest BCUT2D eigenvalue weighted by Gasteiger charge is -1.93. The molecule has 0 spiro atoms. The molecule has 2 heteroatoms. The molecule has 0 fully saturated rings. The standard InChI is InChI=1S/C6H6.C5H11NO/c1-2-4-6-5-3-1;1-3-5(7)6-4-2/h1-6H;3-4H2,1-2H3,(H,6,7). The Labute approximate surface area is 80.0 Å². The maximum absolute atomic E-state index is 10.3. The molecule has 1 aromatic carbocycles. The molecule has 1 aromatic rings. The quantitative estimate of drug-likeness (QED) is 0.741. The van der Waals surface area contributed by atoms with Gasteiger partial charge in [-0.1, -0.05) is 43.3 Å². The van der Waals surface area contributed by atoms with Gasteiger partial charge in [0.1, 0.15) is 0 Å². The van der Waals surface area contributed by atoms with Gasteiger partial charge in [-0.05, 0) is 6.92 Å². The van der Waals surface area contributed by atoms with E-state index in [1.807, 2.05) is 50.2 Å². The van der Waals surface area contributed by atoms with Crippen molar-refractivity contribution in [3.05, 3.63) is 36.4 Å². The first-order valence-electron chi connectivity index (χ1n) is 4.58. The minimum absolute atomic E-state index is 0.127. The molecule has 0 saturated heterocycles. The Morgan fingerprint density at radius 3 is 1.54 bits per heavy atom. The first kappa shape index (κ1) is 11.7. The maximum atomic E-state index is 10.3. The van der Waals surface area contributed by atoms with Crippen LogP contribution in [0.2, 0.25) is 0 Å². The van der Waals surface area contributed by atoms with E-state index in [1.54, 1.807) is 0 Å². The van der Waals surface area contributed by atoms with Crippen LogP contribution in [0.1, 0.15) is 20.3 Å². The molecule has 0 aliphatic rings. The number of amides is 1. The molecule has 0 aliphatic carbocycles. The third-order valence-electron chi connectivity index (χ3n) is 1.36. The lowest BCUT2D eigenvalue weighted by atomic mass is 10.4. The van der Waals surface area contributed by atoms with Crippen molar-refractivity contribution >= 4 is 5.91 Å². The van der Waals surface area contributed by atoms with Crippen LogP contribution in [0.5, 0.6) is 0 Å². The molecule has 0 radical (unpaired) electrons. The van der Waals surface area contributed by atoms with Crippen LogP contribution in [0.15, 0.2) is 36.4 Å². The summed E-state index contributed by atoms with van der Waals surface area (Å²) in [5.74, 6) is 0.127. The van der Waals surface area contributed by atoms with Gasteiger partial charge in [0, 0.05) is 13.0 Å². The summed E-state index contributed by atoms with van der Waals surface area (Å²) in [5.41, 5.74) is 0. The van der Waals surface area contributed by atoms with Gasteiger partial charge in [0.05, 0.1) is 0 Å². The van der Waals surface area contributed by atoms with Crippen molar-refractivity contribution in [3.8, 4) is 0 Å². The average molecular weight is 179 g/mol. The van der Waals surface area contributed by atoms with Crippen LogP contribution < -0.4 is 5.32 Å². The first-order chi connectivity index (χ1) is 6.31. The zero-order valence-electron chi connectivity index (χ0n) is 8.29. The van der Waals surface area contributed by atoms with Gasteiger partial charge in [-0.3, -0.25) is 4.79 Å². The van der Waals surface area contributed by atoms with Crippen LogP contribution in [0, 0.1) is 0 Å². The Hall–Kier alpha value is -1.31. The summed E-state index contributed by atoms with van der Waals surface area (Å²) in [4.78, 5) is 10.3. The van der Waals surface area contributed by atoms with Crippen molar-refractivity contribution in [1.82, 2.24) is 5.32 Å². The number of carbonyl (C=O) groups excluding carboxylic acids is 1. The summed E-state index contributed by atoms with van der Waals surface area (Å²) < 4.78 is 0. The third-order valence-corrected chi connectivity index (χ3v) is 1.36. The van der Waals surface area contributed by atoms with E-state index in [4.69, 9.17) is 0 Å². The van der Waals surface area contributed by atoms with Crippen LogP contribution in [0.3, 0.4) is 0 Å². The van der Waals surface area contributed by atoms with Crippen molar-refractivity contribution in [2.24, 2.45) is 0 Å². The largest absolute Gasteiger partial charge is 0.356 e. The molecule has 2 nitrogen and oxygen atoms in total. The highest BCUT2D eigenvalue weighted by atomic mass is 16.1. The van der Waals surface area contributed by atoms with Gasteiger partial charge in [-0.25, -0.2) is 0 Å². The Morgan fingerprint density at radius 1 is 1.00 bits per heavy atom. The Balaban J connectivity index is 0.000000223. The van der Waals surface area contributed by atoms with E-state index in [-0.39, 0.29) is 5.91 Å². The van der Waals surface area contributed by atoms with E-state index in [2.05, 4.69) is 5.32 Å². The van der Waals surface area contributed by atoms with Gasteiger partial charge < -0.3 is 5.32 Å². The second-order valence-corrected chi connectivity index (χ2v) is 2.46. The van der Waals surface area contributed by atoms with E-state index >= 15 is 0 Å². The van der Waals surface area contributed by atoms with Crippen LogP contribution in [0.4, 0.5) is 0 Å². The highest BCUT2D eigenvalue weighted by Gasteiger charge is 1.88. The number of nitrogens with one attached hydrogen (secondary N) is 1. The number of carbonyl (C=O) groups is 1. The molecule has 1 rings (SSSR count). The van der Waals surface area contributed by atoms with Gasteiger partial charge in [-0.2, -0.15) is 0 Å². The van der Waals surface area contributed by atoms with Crippen LogP contribution in [0.25, 0.3) is 0 Å². The van der Waals surface area contributed by atoms with Gasteiger partial charge in [0.25, 0.3) is 0 Å². The molecular weight excluding hydrogens is 162 g/mol. The lowest BCUT2D eigenvalue weighted by Crippen LogP contribution is -2.20. The lowest BCUT2D eigenvalue weighted by molar-refractivity contribution is -0.120. The number of hydrogen-bond donors (Lipinski definition) is 1. The fraction of sp³-hybridized carbons (Fsp3) is 0.364. The topological polar surface area (TPSA) is 29.1 Å². The Bertz CT molecular complexity index is 182. The molecule has 1 N–H and O–H groups in total. The molecule has 0 bridgehead atoms. The van der Waals surface area contributed by atoms with Crippen molar-refractivity contribution < 1.29 is 4.79 Å². The maximum Gasteiger partial charge on any atom is 0.219 e. The number of benzene rings is 1. The number of rotatable bonds is 2. The summed E-state index contributed by atoms with van der Waals surface area (Å²) in [6.45, 7) is 4.49. The Morgan fingerprint density at radius 2 is 1.38 bits per heavy atom. The molecule has 0 aliphatic heterocycles. The highest BCUT2D eigenvalue weighted by molar-refractivity contribution is 5.75. The van der Waals surface area contributed by atoms with E-state index < -0.39 is 0 Å². The summed E-state index contributed by atoms with van der Waals surface area (Å²) in [6, 6.07) is 12.0. The summed E-state index contributed by atoms with van der Waals surface area (Å²) >= 11 is 0. The predicted octanol–water partition coefficient (Wildman–Crippen LogP) is 2.22. The molecule has 72 valence electrons. The van der Waals surface area contributed by atoms with Crippen molar-refractivity contribution in [3.63, 3.8) is 0 Å². The molecule has 0 heterocycles. The monoisotopic (exact) mass is 179 g/mol. The number of hydrogen-bond acceptors (Lipinski definition) is 1. The average Bonchev–Trinajstić information content (AvgIpc) is 2.22. The van der Waals surface area contributed by atoms with E-state index in [1.165, 1.54) is 0 Å². The highest BCUT2D eigenvalue weighted by Crippen LogP contribution is 1.79.